The molecule has 0 radical (unpaired) electrons. The molecule has 0 saturated heterocycles. The quantitative estimate of drug-likeness (QED) is 0.173. The summed E-state index contributed by atoms with van der Waals surface area (Å²) in [7, 11) is 0. The van der Waals surface area contributed by atoms with Crippen molar-refractivity contribution in [2.24, 2.45) is 0 Å². The Morgan fingerprint density at radius 1 is 0.421 bits per heavy atom. The number of anilines is 2. The summed E-state index contributed by atoms with van der Waals surface area (Å²) in [6.07, 6.45) is 26.8. The normalized spacial score (nSPS) is 12.0. The van der Waals surface area contributed by atoms with Crippen LogP contribution in [0.4, 0.5) is 11.4 Å². The van der Waals surface area contributed by atoms with Gasteiger partial charge >= 0.3 is 0 Å². The lowest BCUT2D eigenvalue weighted by molar-refractivity contribution is 0.678. The Bertz CT molecular complexity index is 866. The van der Waals surface area contributed by atoms with Gasteiger partial charge in [-0.2, -0.15) is 0 Å². The molecule has 0 N–H and O–H groups in total. The minimum absolute atomic E-state index is 1.15. The van der Waals surface area contributed by atoms with E-state index in [4.69, 9.17) is 0 Å². The number of allylic oxidation sites excluding steroid dienone is 6. The number of benzene rings is 2. The lowest BCUT2D eigenvalue weighted by Gasteiger charge is -2.24. The van der Waals surface area contributed by atoms with Gasteiger partial charge < -0.3 is 9.80 Å². The van der Waals surface area contributed by atoms with Gasteiger partial charge in [-0.05, 0) is 61.1 Å². The zero-order chi connectivity index (χ0) is 27.3. The summed E-state index contributed by atoms with van der Waals surface area (Å²) in [6, 6.07) is 17.9. The maximum atomic E-state index is 2.53. The Morgan fingerprint density at radius 2 is 0.711 bits per heavy atom. The molecule has 0 unspecified atom stereocenters. The highest BCUT2D eigenvalue weighted by molar-refractivity contribution is 5.58. The van der Waals surface area contributed by atoms with E-state index in [1.54, 1.807) is 0 Å². The Hall–Kier alpha value is -3.00. The highest BCUT2D eigenvalue weighted by Gasteiger charge is 2.06. The number of unbranched alkanes of at least 4 members (excludes halogenated alkanes) is 4. The first-order chi connectivity index (χ1) is 18.7. The number of hydrogen-bond donors (Lipinski definition) is 0. The second-order valence-corrected chi connectivity index (χ2v) is 10.1. The molecule has 0 bridgehead atoms. The highest BCUT2D eigenvalue weighted by atomic mass is 15.1. The van der Waals surface area contributed by atoms with Crippen LogP contribution < -0.4 is 9.80 Å². The van der Waals surface area contributed by atoms with E-state index in [2.05, 4.69) is 135 Å². The van der Waals surface area contributed by atoms with E-state index in [1.807, 2.05) is 0 Å². The first-order valence-corrected chi connectivity index (χ1v) is 15.1. The Morgan fingerprint density at radius 3 is 1.00 bits per heavy atom. The van der Waals surface area contributed by atoms with Crippen molar-refractivity contribution in [3.8, 4) is 0 Å². The van der Waals surface area contributed by atoms with Crippen LogP contribution in [0.2, 0.25) is 0 Å². The number of rotatable bonds is 19. The third kappa shape index (κ3) is 12.5. The largest absolute Gasteiger partial charge is 0.372 e. The standard InChI is InChI=1S/C36H52N2/c1-5-9-29-37(30-10-6-2)35-25-21-33(22-26-35)19-17-15-13-14-16-18-20-34-23-27-36(28-24-34)38(31-11-7-3)32-12-8-4/h13-28H,5-12,29-32H2,1-4H3/b15-13+,16-14+,19-17+,20-18+. The molecule has 0 aromatic heterocycles. The minimum Gasteiger partial charge on any atom is -0.372 e. The summed E-state index contributed by atoms with van der Waals surface area (Å²) in [5.41, 5.74) is 5.16. The first kappa shape index (κ1) is 31.2. The van der Waals surface area contributed by atoms with Gasteiger partial charge in [0.05, 0.1) is 0 Å². The SMILES string of the molecule is CCCCN(CCCC)c1ccc(/C=C/C=C/C=C/C=C/c2ccc(N(CCCC)CCCC)cc2)cc1. The van der Waals surface area contributed by atoms with Gasteiger partial charge in [0, 0.05) is 37.6 Å². The molecule has 0 fully saturated rings. The molecule has 0 aliphatic heterocycles. The van der Waals surface area contributed by atoms with Gasteiger partial charge in [-0.25, -0.2) is 0 Å². The van der Waals surface area contributed by atoms with E-state index in [-0.39, 0.29) is 0 Å². The molecule has 2 heteroatoms. The van der Waals surface area contributed by atoms with Crippen LogP contribution in [0.5, 0.6) is 0 Å². The number of hydrogen-bond acceptors (Lipinski definition) is 2. The van der Waals surface area contributed by atoms with Crippen LogP contribution in [0.25, 0.3) is 12.2 Å². The van der Waals surface area contributed by atoms with Gasteiger partial charge in [0.1, 0.15) is 0 Å². The molecule has 0 aliphatic carbocycles. The van der Waals surface area contributed by atoms with Crippen LogP contribution in [-0.4, -0.2) is 26.2 Å². The van der Waals surface area contributed by atoms with Crippen LogP contribution in [0.3, 0.4) is 0 Å². The van der Waals surface area contributed by atoms with Gasteiger partial charge in [-0.15, -0.1) is 0 Å². The maximum Gasteiger partial charge on any atom is 0.0366 e. The van der Waals surface area contributed by atoms with Crippen LogP contribution in [0, 0.1) is 0 Å². The molecule has 0 saturated carbocycles. The summed E-state index contributed by atoms with van der Waals surface area (Å²) in [5, 5.41) is 0. The summed E-state index contributed by atoms with van der Waals surface area (Å²) >= 11 is 0. The van der Waals surface area contributed by atoms with Gasteiger partial charge in [-0.1, -0.05) is 126 Å². The van der Waals surface area contributed by atoms with E-state index in [1.165, 1.54) is 73.9 Å². The summed E-state index contributed by atoms with van der Waals surface area (Å²) < 4.78 is 0. The molecular weight excluding hydrogens is 460 g/mol. The van der Waals surface area contributed by atoms with Crippen molar-refractivity contribution < 1.29 is 0 Å². The molecule has 206 valence electrons. The van der Waals surface area contributed by atoms with Crippen molar-refractivity contribution in [3.05, 3.63) is 96.1 Å². The molecule has 2 rings (SSSR count). The zero-order valence-corrected chi connectivity index (χ0v) is 24.6. The van der Waals surface area contributed by atoms with Crippen LogP contribution in [0.15, 0.2) is 85.0 Å². The molecule has 0 atom stereocenters. The van der Waals surface area contributed by atoms with Gasteiger partial charge in [0.2, 0.25) is 0 Å². The predicted octanol–water partition coefficient (Wildman–Crippen LogP) is 10.3. The summed E-state index contributed by atoms with van der Waals surface area (Å²) in [5.74, 6) is 0. The molecule has 38 heavy (non-hydrogen) atoms. The van der Waals surface area contributed by atoms with Crippen molar-refractivity contribution in [3.63, 3.8) is 0 Å². The monoisotopic (exact) mass is 512 g/mol. The Labute approximate surface area is 234 Å². The molecule has 0 aliphatic rings. The maximum absolute atomic E-state index is 2.53. The van der Waals surface area contributed by atoms with Crippen LogP contribution in [-0.2, 0) is 0 Å². The van der Waals surface area contributed by atoms with E-state index in [0.29, 0.717) is 0 Å². The van der Waals surface area contributed by atoms with Gasteiger partial charge in [-0.3, -0.25) is 0 Å². The minimum atomic E-state index is 1.15. The Kier molecular flexibility index (Phi) is 16.5. The van der Waals surface area contributed by atoms with E-state index >= 15 is 0 Å². The van der Waals surface area contributed by atoms with E-state index < -0.39 is 0 Å². The average Bonchev–Trinajstić information content (AvgIpc) is 2.95. The van der Waals surface area contributed by atoms with Crippen molar-refractivity contribution in [2.75, 3.05) is 36.0 Å². The topological polar surface area (TPSA) is 6.48 Å². The highest BCUT2D eigenvalue weighted by Crippen LogP contribution is 2.19. The van der Waals surface area contributed by atoms with E-state index in [0.717, 1.165) is 26.2 Å². The summed E-state index contributed by atoms with van der Waals surface area (Å²) in [4.78, 5) is 5.06. The fourth-order valence-corrected chi connectivity index (χ4v) is 4.32. The lowest BCUT2D eigenvalue weighted by Crippen LogP contribution is -2.25. The molecule has 0 spiro atoms. The number of nitrogens with zero attached hydrogens (tertiary/aromatic N) is 2. The van der Waals surface area contributed by atoms with Crippen LogP contribution in [0.1, 0.15) is 90.2 Å². The van der Waals surface area contributed by atoms with Crippen LogP contribution >= 0.6 is 0 Å². The fraction of sp³-hybridized carbons (Fsp3) is 0.444. The van der Waals surface area contributed by atoms with Crippen molar-refractivity contribution in [1.29, 1.82) is 0 Å². The first-order valence-electron chi connectivity index (χ1n) is 15.1. The Balaban J connectivity index is 1.83. The van der Waals surface area contributed by atoms with Crippen molar-refractivity contribution >= 4 is 23.5 Å². The predicted molar refractivity (Wildman–Crippen MR) is 173 cm³/mol. The van der Waals surface area contributed by atoms with Crippen molar-refractivity contribution in [1.82, 2.24) is 0 Å². The molecule has 2 aromatic carbocycles. The summed E-state index contributed by atoms with van der Waals surface area (Å²) in [6.45, 7) is 13.7. The molecule has 0 heterocycles. The molecule has 2 nitrogen and oxygen atoms in total. The van der Waals surface area contributed by atoms with Gasteiger partial charge in [0.25, 0.3) is 0 Å². The lowest BCUT2D eigenvalue weighted by atomic mass is 10.1. The van der Waals surface area contributed by atoms with Crippen molar-refractivity contribution in [2.45, 2.75) is 79.1 Å². The second-order valence-electron chi connectivity index (χ2n) is 10.1. The third-order valence-corrected chi connectivity index (χ3v) is 6.78. The second kappa shape index (κ2) is 20.0. The zero-order valence-electron chi connectivity index (χ0n) is 24.6. The average molecular weight is 513 g/mol. The fourth-order valence-electron chi connectivity index (χ4n) is 4.32. The molecule has 0 amide bonds. The smallest absolute Gasteiger partial charge is 0.0366 e. The molecule has 2 aromatic rings. The molecular formula is C36H52N2. The van der Waals surface area contributed by atoms with Gasteiger partial charge in [0.15, 0.2) is 0 Å². The third-order valence-electron chi connectivity index (χ3n) is 6.78. The van der Waals surface area contributed by atoms with E-state index in [9.17, 15) is 0 Å².